The van der Waals surface area contributed by atoms with Crippen molar-refractivity contribution in [2.75, 3.05) is 7.05 Å². The highest BCUT2D eigenvalue weighted by Crippen LogP contribution is 2.26. The summed E-state index contributed by atoms with van der Waals surface area (Å²) in [5.74, 6) is -0.343. The highest BCUT2D eigenvalue weighted by Gasteiger charge is 2.19. The summed E-state index contributed by atoms with van der Waals surface area (Å²) in [7, 11) is 1.78. The van der Waals surface area contributed by atoms with Crippen LogP contribution in [0.15, 0.2) is 43.2 Å². The molecule has 1 unspecified atom stereocenters. The third-order valence-electron chi connectivity index (χ3n) is 3.07. The molecule has 3 heterocycles. The normalized spacial score (nSPS) is 12.7. The van der Waals surface area contributed by atoms with Crippen LogP contribution in [0.25, 0.3) is 5.52 Å². The van der Waals surface area contributed by atoms with Gasteiger partial charge in [0, 0.05) is 29.7 Å². The Kier molecular flexibility index (Phi) is 2.92. The van der Waals surface area contributed by atoms with E-state index in [1.807, 2.05) is 0 Å². The first-order chi connectivity index (χ1) is 9.31. The standard InChI is InChI=1S/C13H12FN5/c1-15-13(9-2-3-16-7-11(9)14)10-6-18-19-5-4-17-8-12(10)19/h2-8,13,15H,1H3. The summed E-state index contributed by atoms with van der Waals surface area (Å²) in [6.07, 6.45) is 9.64. The molecule has 0 aliphatic heterocycles. The Morgan fingerprint density at radius 1 is 1.16 bits per heavy atom. The van der Waals surface area contributed by atoms with Gasteiger partial charge >= 0.3 is 0 Å². The molecule has 96 valence electrons. The van der Waals surface area contributed by atoms with E-state index in [-0.39, 0.29) is 11.9 Å². The van der Waals surface area contributed by atoms with Gasteiger partial charge in [-0.3, -0.25) is 9.97 Å². The van der Waals surface area contributed by atoms with Crippen molar-refractivity contribution in [3.63, 3.8) is 0 Å². The van der Waals surface area contributed by atoms with E-state index in [9.17, 15) is 4.39 Å². The van der Waals surface area contributed by atoms with Crippen molar-refractivity contribution in [3.05, 3.63) is 60.2 Å². The maximum Gasteiger partial charge on any atom is 0.146 e. The van der Waals surface area contributed by atoms with Crippen LogP contribution in [0, 0.1) is 5.82 Å². The van der Waals surface area contributed by atoms with Crippen LogP contribution < -0.4 is 5.32 Å². The zero-order chi connectivity index (χ0) is 13.2. The Morgan fingerprint density at radius 3 is 2.79 bits per heavy atom. The maximum atomic E-state index is 13.9. The predicted molar refractivity (Wildman–Crippen MR) is 68.1 cm³/mol. The lowest BCUT2D eigenvalue weighted by molar-refractivity contribution is 0.572. The van der Waals surface area contributed by atoms with Gasteiger partial charge in [0.2, 0.25) is 0 Å². The van der Waals surface area contributed by atoms with E-state index in [4.69, 9.17) is 0 Å². The molecular formula is C13H12FN5. The molecule has 0 aliphatic rings. The summed E-state index contributed by atoms with van der Waals surface area (Å²) in [5, 5.41) is 7.35. The number of hydrogen-bond donors (Lipinski definition) is 1. The Morgan fingerprint density at radius 2 is 2.00 bits per heavy atom. The van der Waals surface area contributed by atoms with E-state index in [2.05, 4.69) is 20.4 Å². The van der Waals surface area contributed by atoms with Crippen molar-refractivity contribution in [1.29, 1.82) is 0 Å². The molecule has 6 heteroatoms. The van der Waals surface area contributed by atoms with Crippen LogP contribution in [0.2, 0.25) is 0 Å². The first-order valence-electron chi connectivity index (χ1n) is 5.85. The Balaban J connectivity index is 2.15. The van der Waals surface area contributed by atoms with Gasteiger partial charge in [-0.25, -0.2) is 8.91 Å². The number of nitrogens with one attached hydrogen (secondary N) is 1. The number of aromatic nitrogens is 4. The molecule has 3 rings (SSSR count). The lowest BCUT2D eigenvalue weighted by Crippen LogP contribution is -2.19. The Bertz CT molecular complexity index is 709. The molecule has 3 aromatic heterocycles. The van der Waals surface area contributed by atoms with Crippen molar-refractivity contribution in [2.45, 2.75) is 6.04 Å². The molecule has 0 saturated heterocycles. The van der Waals surface area contributed by atoms with Crippen molar-refractivity contribution in [1.82, 2.24) is 24.9 Å². The van der Waals surface area contributed by atoms with Gasteiger partial charge in [-0.05, 0) is 13.1 Å². The highest BCUT2D eigenvalue weighted by molar-refractivity contribution is 5.55. The molecule has 19 heavy (non-hydrogen) atoms. The van der Waals surface area contributed by atoms with Crippen molar-refractivity contribution in [3.8, 4) is 0 Å². The largest absolute Gasteiger partial charge is 0.309 e. The summed E-state index contributed by atoms with van der Waals surface area (Å²) in [4.78, 5) is 7.85. The quantitative estimate of drug-likeness (QED) is 0.774. The maximum absolute atomic E-state index is 13.9. The Labute approximate surface area is 109 Å². The van der Waals surface area contributed by atoms with Crippen molar-refractivity contribution in [2.24, 2.45) is 0 Å². The second-order valence-electron chi connectivity index (χ2n) is 4.12. The SMILES string of the molecule is CNC(c1ccncc1F)c1cnn2ccncc12. The molecule has 1 atom stereocenters. The average molecular weight is 257 g/mol. The zero-order valence-electron chi connectivity index (χ0n) is 10.3. The highest BCUT2D eigenvalue weighted by atomic mass is 19.1. The van der Waals surface area contributed by atoms with Gasteiger partial charge in [-0.15, -0.1) is 0 Å². The molecule has 0 fully saturated rings. The fraction of sp³-hybridized carbons (Fsp3) is 0.154. The van der Waals surface area contributed by atoms with E-state index in [1.54, 1.807) is 48.6 Å². The van der Waals surface area contributed by atoms with Gasteiger partial charge in [0.25, 0.3) is 0 Å². The minimum absolute atomic E-state index is 0.287. The predicted octanol–water partition coefficient (Wildman–Crippen LogP) is 1.57. The molecule has 0 radical (unpaired) electrons. The number of halogens is 1. The van der Waals surface area contributed by atoms with Crippen molar-refractivity contribution >= 4 is 5.52 Å². The molecular weight excluding hydrogens is 245 g/mol. The van der Waals surface area contributed by atoms with Crippen LogP contribution in [0.4, 0.5) is 4.39 Å². The number of fused-ring (bicyclic) bond motifs is 1. The molecule has 0 spiro atoms. The topological polar surface area (TPSA) is 55.1 Å². The second kappa shape index (κ2) is 4.74. The van der Waals surface area contributed by atoms with Gasteiger partial charge < -0.3 is 5.32 Å². The first kappa shape index (κ1) is 11.7. The first-order valence-corrected chi connectivity index (χ1v) is 5.85. The fourth-order valence-corrected chi connectivity index (χ4v) is 2.17. The summed E-state index contributed by atoms with van der Waals surface area (Å²) >= 11 is 0. The third kappa shape index (κ3) is 1.96. The van der Waals surface area contributed by atoms with E-state index in [0.29, 0.717) is 5.56 Å². The monoisotopic (exact) mass is 257 g/mol. The van der Waals surface area contributed by atoms with Gasteiger partial charge in [-0.2, -0.15) is 5.10 Å². The molecule has 0 bridgehead atoms. The average Bonchev–Trinajstić information content (AvgIpc) is 2.86. The van der Waals surface area contributed by atoms with Gasteiger partial charge in [0.15, 0.2) is 0 Å². The lowest BCUT2D eigenvalue weighted by Gasteiger charge is -2.16. The van der Waals surface area contributed by atoms with Crippen LogP contribution in [0.5, 0.6) is 0 Å². The van der Waals surface area contributed by atoms with E-state index < -0.39 is 0 Å². The number of pyridine rings is 1. The Hall–Kier alpha value is -2.34. The second-order valence-corrected chi connectivity index (χ2v) is 4.12. The van der Waals surface area contributed by atoms with Crippen LogP contribution >= 0.6 is 0 Å². The molecule has 3 aromatic rings. The molecule has 0 aliphatic carbocycles. The molecule has 0 amide bonds. The molecule has 0 aromatic carbocycles. The summed E-state index contributed by atoms with van der Waals surface area (Å²) in [5.41, 5.74) is 2.26. The molecule has 0 saturated carbocycles. The van der Waals surface area contributed by atoms with Gasteiger partial charge in [0.05, 0.1) is 30.1 Å². The number of hydrogen-bond acceptors (Lipinski definition) is 4. The van der Waals surface area contributed by atoms with E-state index >= 15 is 0 Å². The third-order valence-corrected chi connectivity index (χ3v) is 3.07. The summed E-state index contributed by atoms with van der Waals surface area (Å²) < 4.78 is 15.6. The van der Waals surface area contributed by atoms with Crippen LogP contribution in [-0.4, -0.2) is 26.6 Å². The smallest absolute Gasteiger partial charge is 0.146 e. The zero-order valence-corrected chi connectivity index (χ0v) is 10.3. The summed E-state index contributed by atoms with van der Waals surface area (Å²) in [6.45, 7) is 0. The van der Waals surface area contributed by atoms with Crippen LogP contribution in [-0.2, 0) is 0 Å². The summed E-state index contributed by atoms with van der Waals surface area (Å²) in [6, 6.07) is 1.38. The van der Waals surface area contributed by atoms with E-state index in [1.165, 1.54) is 6.20 Å². The molecule has 5 nitrogen and oxygen atoms in total. The van der Waals surface area contributed by atoms with Crippen LogP contribution in [0.3, 0.4) is 0 Å². The fourth-order valence-electron chi connectivity index (χ4n) is 2.17. The van der Waals surface area contributed by atoms with Gasteiger partial charge in [-0.1, -0.05) is 0 Å². The molecule has 1 N–H and O–H groups in total. The van der Waals surface area contributed by atoms with Crippen molar-refractivity contribution < 1.29 is 4.39 Å². The number of rotatable bonds is 3. The minimum Gasteiger partial charge on any atom is -0.309 e. The lowest BCUT2D eigenvalue weighted by atomic mass is 10.0. The number of nitrogens with zero attached hydrogens (tertiary/aromatic N) is 4. The van der Waals surface area contributed by atoms with E-state index in [0.717, 1.165) is 11.1 Å². The van der Waals surface area contributed by atoms with Crippen LogP contribution in [0.1, 0.15) is 17.2 Å². The van der Waals surface area contributed by atoms with Gasteiger partial charge in [0.1, 0.15) is 5.82 Å². The minimum atomic E-state index is -0.343.